The Balaban J connectivity index is 2.09. The second-order valence-corrected chi connectivity index (χ2v) is 6.28. The highest BCUT2D eigenvalue weighted by atomic mass is 16.2. The maximum absolute atomic E-state index is 12.6. The fraction of sp³-hybridized carbons (Fsp3) is 0.556. The van der Waals surface area contributed by atoms with E-state index in [2.05, 4.69) is 22.5 Å². The molecule has 1 aromatic rings. The number of amides is 2. The fourth-order valence-corrected chi connectivity index (χ4v) is 3.13. The molecule has 2 N–H and O–H groups in total. The van der Waals surface area contributed by atoms with Crippen LogP contribution in [-0.2, 0) is 9.59 Å². The molecule has 1 aliphatic carbocycles. The summed E-state index contributed by atoms with van der Waals surface area (Å²) in [6, 6.07) is 7.34. The maximum Gasteiger partial charge on any atom is 0.247 e. The third-order valence-corrected chi connectivity index (χ3v) is 4.54. The standard InChI is InChI=1S/C18H27N3O2/c1-4-21(3)16-11-7-10-15(12-16)20-18(23)17(19-13(2)22)14-8-5-6-9-14/h7,10-12,14,17H,4-6,8-9H2,1-3H3,(H,19,22)(H,20,23)/t17-/m1/s1. The lowest BCUT2D eigenvalue weighted by Crippen LogP contribution is -2.47. The van der Waals surface area contributed by atoms with Crippen molar-refractivity contribution in [2.24, 2.45) is 5.92 Å². The van der Waals surface area contributed by atoms with Gasteiger partial charge in [-0.2, -0.15) is 0 Å². The van der Waals surface area contributed by atoms with Crippen molar-refractivity contribution in [1.82, 2.24) is 5.32 Å². The van der Waals surface area contributed by atoms with Crippen LogP contribution in [0.3, 0.4) is 0 Å². The van der Waals surface area contributed by atoms with E-state index in [9.17, 15) is 9.59 Å². The van der Waals surface area contributed by atoms with Crippen molar-refractivity contribution in [3.8, 4) is 0 Å². The molecule has 1 aromatic carbocycles. The largest absolute Gasteiger partial charge is 0.375 e. The van der Waals surface area contributed by atoms with Gasteiger partial charge in [0.15, 0.2) is 0 Å². The van der Waals surface area contributed by atoms with Crippen molar-refractivity contribution in [2.45, 2.75) is 45.6 Å². The molecule has 126 valence electrons. The molecule has 2 amide bonds. The maximum atomic E-state index is 12.6. The first-order valence-electron chi connectivity index (χ1n) is 8.40. The number of carbonyl (C=O) groups excluding carboxylic acids is 2. The lowest BCUT2D eigenvalue weighted by atomic mass is 9.97. The van der Waals surface area contributed by atoms with Crippen LogP contribution in [0.15, 0.2) is 24.3 Å². The molecule has 0 bridgehead atoms. The molecule has 0 aromatic heterocycles. The summed E-state index contributed by atoms with van der Waals surface area (Å²) in [5.41, 5.74) is 1.82. The molecule has 5 heteroatoms. The van der Waals surface area contributed by atoms with Crippen LogP contribution in [0.1, 0.15) is 39.5 Å². The van der Waals surface area contributed by atoms with Gasteiger partial charge in [-0.05, 0) is 43.9 Å². The van der Waals surface area contributed by atoms with E-state index in [1.807, 2.05) is 31.3 Å². The summed E-state index contributed by atoms with van der Waals surface area (Å²) < 4.78 is 0. The third kappa shape index (κ3) is 4.71. The van der Waals surface area contributed by atoms with Crippen LogP contribution in [0.5, 0.6) is 0 Å². The first-order chi connectivity index (χ1) is 11.0. The van der Waals surface area contributed by atoms with Gasteiger partial charge in [-0.15, -0.1) is 0 Å². The Morgan fingerprint density at radius 2 is 2.00 bits per heavy atom. The molecule has 5 nitrogen and oxygen atoms in total. The Morgan fingerprint density at radius 1 is 1.30 bits per heavy atom. The highest BCUT2D eigenvalue weighted by Crippen LogP contribution is 2.28. The molecule has 2 rings (SSSR count). The van der Waals surface area contributed by atoms with Crippen molar-refractivity contribution in [1.29, 1.82) is 0 Å². The van der Waals surface area contributed by atoms with Gasteiger partial charge in [0, 0.05) is 31.9 Å². The van der Waals surface area contributed by atoms with Crippen molar-refractivity contribution in [2.75, 3.05) is 23.8 Å². The molecule has 0 saturated heterocycles. The predicted octanol–water partition coefficient (Wildman–Crippen LogP) is 2.78. The number of hydrogen-bond acceptors (Lipinski definition) is 3. The van der Waals surface area contributed by atoms with Crippen LogP contribution in [0.4, 0.5) is 11.4 Å². The second-order valence-electron chi connectivity index (χ2n) is 6.28. The molecule has 1 saturated carbocycles. The first-order valence-corrected chi connectivity index (χ1v) is 8.40. The highest BCUT2D eigenvalue weighted by molar-refractivity contribution is 5.97. The molecular weight excluding hydrogens is 290 g/mol. The van der Waals surface area contributed by atoms with Crippen molar-refractivity contribution in [3.05, 3.63) is 24.3 Å². The highest BCUT2D eigenvalue weighted by Gasteiger charge is 2.31. The van der Waals surface area contributed by atoms with Crippen LogP contribution >= 0.6 is 0 Å². The van der Waals surface area contributed by atoms with E-state index >= 15 is 0 Å². The van der Waals surface area contributed by atoms with Gasteiger partial charge in [0.25, 0.3) is 0 Å². The van der Waals surface area contributed by atoms with Gasteiger partial charge in [0.05, 0.1) is 0 Å². The topological polar surface area (TPSA) is 61.4 Å². The summed E-state index contributed by atoms with van der Waals surface area (Å²) in [4.78, 5) is 26.2. The first kappa shape index (κ1) is 17.3. The van der Waals surface area contributed by atoms with Gasteiger partial charge in [0.1, 0.15) is 6.04 Å². The summed E-state index contributed by atoms with van der Waals surface area (Å²) in [5.74, 6) is -0.0414. The summed E-state index contributed by atoms with van der Waals surface area (Å²) in [7, 11) is 2.01. The van der Waals surface area contributed by atoms with Crippen LogP contribution < -0.4 is 15.5 Å². The lowest BCUT2D eigenvalue weighted by molar-refractivity contribution is -0.126. The fourth-order valence-electron chi connectivity index (χ4n) is 3.13. The zero-order chi connectivity index (χ0) is 16.8. The van der Waals surface area contributed by atoms with E-state index in [1.165, 1.54) is 6.92 Å². The number of nitrogens with one attached hydrogen (secondary N) is 2. The number of hydrogen-bond donors (Lipinski definition) is 2. The van der Waals surface area contributed by atoms with E-state index < -0.39 is 6.04 Å². The van der Waals surface area contributed by atoms with Crippen molar-refractivity contribution in [3.63, 3.8) is 0 Å². The molecule has 23 heavy (non-hydrogen) atoms. The normalized spacial score (nSPS) is 16.0. The van der Waals surface area contributed by atoms with Crippen molar-refractivity contribution < 1.29 is 9.59 Å². The third-order valence-electron chi connectivity index (χ3n) is 4.54. The van der Waals surface area contributed by atoms with Crippen molar-refractivity contribution >= 4 is 23.2 Å². The summed E-state index contributed by atoms with van der Waals surface area (Å²) in [6.07, 6.45) is 4.25. The molecule has 0 heterocycles. The van der Waals surface area contributed by atoms with E-state index in [-0.39, 0.29) is 17.7 Å². The van der Waals surface area contributed by atoms with Crippen LogP contribution in [0.25, 0.3) is 0 Å². The Morgan fingerprint density at radius 3 is 2.61 bits per heavy atom. The van der Waals surface area contributed by atoms with Gasteiger partial charge < -0.3 is 15.5 Å². The Hall–Kier alpha value is -2.04. The molecule has 0 radical (unpaired) electrons. The minimum Gasteiger partial charge on any atom is -0.375 e. The molecule has 1 fully saturated rings. The quantitative estimate of drug-likeness (QED) is 0.848. The van der Waals surface area contributed by atoms with E-state index in [0.29, 0.717) is 0 Å². The van der Waals surface area contributed by atoms with Gasteiger partial charge >= 0.3 is 0 Å². The summed E-state index contributed by atoms with van der Waals surface area (Å²) >= 11 is 0. The number of anilines is 2. The number of nitrogens with zero attached hydrogens (tertiary/aromatic N) is 1. The average molecular weight is 317 g/mol. The minimum atomic E-state index is -0.442. The van der Waals surface area contributed by atoms with Crippen LogP contribution in [0.2, 0.25) is 0 Å². The molecule has 0 aliphatic heterocycles. The van der Waals surface area contributed by atoms with Gasteiger partial charge in [-0.25, -0.2) is 0 Å². The zero-order valence-corrected chi connectivity index (χ0v) is 14.3. The molecule has 0 spiro atoms. The second kappa shape index (κ2) is 7.99. The monoisotopic (exact) mass is 317 g/mol. The van der Waals surface area contributed by atoms with Crippen LogP contribution in [0, 0.1) is 5.92 Å². The van der Waals surface area contributed by atoms with Gasteiger partial charge in [-0.1, -0.05) is 18.9 Å². The smallest absolute Gasteiger partial charge is 0.247 e. The molecule has 1 aliphatic rings. The number of carbonyl (C=O) groups is 2. The predicted molar refractivity (Wildman–Crippen MR) is 93.6 cm³/mol. The number of rotatable bonds is 6. The van der Waals surface area contributed by atoms with E-state index in [1.54, 1.807) is 0 Å². The zero-order valence-electron chi connectivity index (χ0n) is 14.3. The SMILES string of the molecule is CCN(C)c1cccc(NC(=O)[C@H](NC(C)=O)C2CCCC2)c1. The Kier molecular flexibility index (Phi) is 6.02. The summed E-state index contributed by atoms with van der Waals surface area (Å²) in [5, 5.41) is 5.79. The van der Waals surface area contributed by atoms with Gasteiger partial charge in [0.2, 0.25) is 11.8 Å². The Bertz CT molecular complexity index is 553. The summed E-state index contributed by atoms with van der Waals surface area (Å²) in [6.45, 7) is 4.44. The molecule has 1 atom stereocenters. The Labute approximate surface area is 138 Å². The van der Waals surface area contributed by atoms with Gasteiger partial charge in [-0.3, -0.25) is 9.59 Å². The average Bonchev–Trinajstić information content (AvgIpc) is 3.06. The van der Waals surface area contributed by atoms with Crippen LogP contribution in [-0.4, -0.2) is 31.4 Å². The number of benzene rings is 1. The minimum absolute atomic E-state index is 0.122. The molecule has 0 unspecified atom stereocenters. The molecular formula is C18H27N3O2. The lowest BCUT2D eigenvalue weighted by Gasteiger charge is -2.24. The van der Waals surface area contributed by atoms with E-state index in [4.69, 9.17) is 0 Å². The van der Waals surface area contributed by atoms with E-state index in [0.717, 1.165) is 43.6 Å².